The average molecular weight is 415 g/mol. The first-order valence-corrected chi connectivity index (χ1v) is 11.7. The molecule has 4 heteroatoms. The van der Waals surface area contributed by atoms with E-state index in [0.717, 1.165) is 25.7 Å². The van der Waals surface area contributed by atoms with Crippen LogP contribution < -0.4 is 0 Å². The van der Waals surface area contributed by atoms with Gasteiger partial charge >= 0.3 is 11.9 Å². The van der Waals surface area contributed by atoms with Crippen molar-refractivity contribution in [2.75, 3.05) is 7.11 Å². The number of methoxy groups -OCH3 is 1. The molecule has 0 unspecified atom stereocenters. The van der Waals surface area contributed by atoms with Gasteiger partial charge in [0.25, 0.3) is 0 Å². The molecule has 4 aliphatic carbocycles. The number of fused-ring (bicyclic) bond motifs is 3. The van der Waals surface area contributed by atoms with E-state index in [-0.39, 0.29) is 23.3 Å². The van der Waals surface area contributed by atoms with Crippen molar-refractivity contribution in [3.63, 3.8) is 0 Å². The van der Waals surface area contributed by atoms with Gasteiger partial charge in [0.15, 0.2) is 0 Å². The quantitative estimate of drug-likeness (QED) is 0.342. The first-order valence-electron chi connectivity index (χ1n) is 11.7. The highest BCUT2D eigenvalue weighted by Crippen LogP contribution is 2.72. The van der Waals surface area contributed by atoms with E-state index in [1.165, 1.54) is 38.4 Å². The fraction of sp³-hybridized carbons (Fsp3) is 0.769. The maximum atomic E-state index is 13.2. The Morgan fingerprint density at radius 3 is 2.50 bits per heavy atom. The number of hydrogen-bond acceptors (Lipinski definition) is 4. The zero-order valence-corrected chi connectivity index (χ0v) is 19.4. The number of esters is 2. The van der Waals surface area contributed by atoms with Gasteiger partial charge in [-0.2, -0.15) is 0 Å². The van der Waals surface area contributed by atoms with Crippen LogP contribution in [0, 0.1) is 34.0 Å². The molecule has 0 amide bonds. The molecule has 2 bridgehead atoms. The summed E-state index contributed by atoms with van der Waals surface area (Å²) >= 11 is 0. The lowest BCUT2D eigenvalue weighted by Crippen LogP contribution is -2.63. The smallest absolute Gasteiger partial charge is 0.333 e. The van der Waals surface area contributed by atoms with Crippen molar-refractivity contribution in [1.29, 1.82) is 0 Å². The lowest BCUT2D eigenvalue weighted by atomic mass is 9.40. The van der Waals surface area contributed by atoms with Gasteiger partial charge in [0.05, 0.1) is 7.11 Å². The van der Waals surface area contributed by atoms with Gasteiger partial charge in [0.1, 0.15) is 11.5 Å². The van der Waals surface area contributed by atoms with E-state index in [2.05, 4.69) is 13.5 Å². The van der Waals surface area contributed by atoms with Gasteiger partial charge in [0, 0.05) is 5.57 Å². The summed E-state index contributed by atoms with van der Waals surface area (Å²) in [5.41, 5.74) is 1.67. The van der Waals surface area contributed by atoms with E-state index >= 15 is 0 Å². The number of carbonyl (C=O) groups is 2. The molecule has 0 radical (unpaired) electrons. The first kappa shape index (κ1) is 21.6. The van der Waals surface area contributed by atoms with Gasteiger partial charge in [-0.25, -0.2) is 4.79 Å². The molecule has 0 aromatic rings. The monoisotopic (exact) mass is 414 g/mol. The van der Waals surface area contributed by atoms with Crippen LogP contribution in [0.15, 0.2) is 23.8 Å². The second kappa shape index (κ2) is 7.24. The summed E-state index contributed by atoms with van der Waals surface area (Å²) in [5.74, 6) is 0.929. The Kier molecular flexibility index (Phi) is 5.22. The maximum absolute atomic E-state index is 13.2. The Morgan fingerprint density at radius 2 is 1.83 bits per heavy atom. The molecule has 4 rings (SSSR count). The van der Waals surface area contributed by atoms with Gasteiger partial charge in [0.2, 0.25) is 0 Å². The van der Waals surface area contributed by atoms with E-state index in [1.807, 2.05) is 13.8 Å². The molecule has 166 valence electrons. The highest BCUT2D eigenvalue weighted by atomic mass is 16.6. The normalized spacial score (nSPS) is 45.4. The number of allylic oxidation sites excluding steroid dienone is 2. The SMILES string of the molecule is C=C1C[C@@]23CC[C@H]4[C@@](C)(CC[C@H](OC(=O)/C(C)=C\C)[C@@]4(C)C(=O)OC)[C@H]2CC[C@@H]1C3. The van der Waals surface area contributed by atoms with Crippen molar-refractivity contribution in [3.8, 4) is 0 Å². The van der Waals surface area contributed by atoms with Crippen LogP contribution in [0.1, 0.15) is 79.1 Å². The molecule has 4 nitrogen and oxygen atoms in total. The molecule has 7 atom stereocenters. The molecule has 0 aromatic heterocycles. The summed E-state index contributed by atoms with van der Waals surface area (Å²) in [5, 5.41) is 0. The van der Waals surface area contributed by atoms with Crippen LogP contribution >= 0.6 is 0 Å². The second-order valence-corrected chi connectivity index (χ2v) is 11.0. The number of hydrogen-bond donors (Lipinski definition) is 0. The second-order valence-electron chi connectivity index (χ2n) is 11.0. The maximum Gasteiger partial charge on any atom is 0.333 e. The number of ether oxygens (including phenoxy) is 2. The highest BCUT2D eigenvalue weighted by Gasteiger charge is 2.68. The molecule has 4 saturated carbocycles. The molecular weight excluding hydrogens is 376 g/mol. The summed E-state index contributed by atoms with van der Waals surface area (Å²) in [4.78, 5) is 25.8. The first-order chi connectivity index (χ1) is 14.1. The highest BCUT2D eigenvalue weighted by molar-refractivity contribution is 5.88. The molecule has 30 heavy (non-hydrogen) atoms. The average Bonchev–Trinajstić information content (AvgIpc) is 2.96. The van der Waals surface area contributed by atoms with Crippen LogP contribution in [-0.4, -0.2) is 25.2 Å². The largest absolute Gasteiger partial charge is 0.468 e. The van der Waals surface area contributed by atoms with E-state index in [0.29, 0.717) is 22.8 Å². The van der Waals surface area contributed by atoms with Gasteiger partial charge in [-0.3, -0.25) is 4.79 Å². The molecule has 0 N–H and O–H groups in total. The van der Waals surface area contributed by atoms with Crippen molar-refractivity contribution >= 4 is 11.9 Å². The third kappa shape index (κ3) is 2.85. The molecule has 1 spiro atoms. The zero-order valence-electron chi connectivity index (χ0n) is 19.4. The molecule has 0 aromatic carbocycles. The predicted octanol–water partition coefficient (Wildman–Crippen LogP) is 5.62. The van der Waals surface area contributed by atoms with Crippen LogP contribution in [0.25, 0.3) is 0 Å². The zero-order chi connectivity index (χ0) is 21.9. The molecule has 4 aliphatic rings. The third-order valence-corrected chi connectivity index (χ3v) is 9.84. The Labute approximate surface area is 181 Å². The predicted molar refractivity (Wildman–Crippen MR) is 117 cm³/mol. The fourth-order valence-electron chi connectivity index (χ4n) is 8.26. The minimum atomic E-state index is -0.806. The number of rotatable bonds is 3. The van der Waals surface area contributed by atoms with E-state index < -0.39 is 11.5 Å². The van der Waals surface area contributed by atoms with Gasteiger partial charge in [-0.15, -0.1) is 0 Å². The minimum absolute atomic E-state index is 0.0648. The van der Waals surface area contributed by atoms with Crippen molar-refractivity contribution in [1.82, 2.24) is 0 Å². The minimum Gasteiger partial charge on any atom is -0.468 e. The summed E-state index contributed by atoms with van der Waals surface area (Å²) < 4.78 is 11.3. The standard InChI is InChI=1S/C26H38O4/c1-7-16(2)22(27)30-21-11-12-24(4)19(25(21,5)23(28)29-6)10-13-26-14-17(3)18(15-26)8-9-20(24)26/h7,18-21H,3,8-15H2,1-2,4-6H3/b16-7-/t18-,19+,20-,21+,24-,25+,26-/m1/s1. The van der Waals surface area contributed by atoms with Gasteiger partial charge in [-0.05, 0) is 101 Å². The Morgan fingerprint density at radius 1 is 1.10 bits per heavy atom. The van der Waals surface area contributed by atoms with E-state index in [4.69, 9.17) is 9.47 Å². The van der Waals surface area contributed by atoms with Crippen LogP contribution in [0.5, 0.6) is 0 Å². The Hall–Kier alpha value is -1.58. The van der Waals surface area contributed by atoms with E-state index in [1.54, 1.807) is 13.0 Å². The Balaban J connectivity index is 1.70. The van der Waals surface area contributed by atoms with Crippen LogP contribution in [0.4, 0.5) is 0 Å². The number of carbonyl (C=O) groups excluding carboxylic acids is 2. The molecule has 0 saturated heterocycles. The van der Waals surface area contributed by atoms with Crippen LogP contribution in [-0.2, 0) is 19.1 Å². The van der Waals surface area contributed by atoms with Gasteiger partial charge in [-0.1, -0.05) is 25.2 Å². The van der Waals surface area contributed by atoms with Crippen molar-refractivity contribution in [3.05, 3.63) is 23.8 Å². The van der Waals surface area contributed by atoms with Crippen LogP contribution in [0.2, 0.25) is 0 Å². The molecular formula is C26H38O4. The van der Waals surface area contributed by atoms with Crippen molar-refractivity contribution in [2.24, 2.45) is 34.0 Å². The topological polar surface area (TPSA) is 52.6 Å². The Bertz CT molecular complexity index is 797. The van der Waals surface area contributed by atoms with Crippen molar-refractivity contribution < 1.29 is 19.1 Å². The molecule has 0 aliphatic heterocycles. The van der Waals surface area contributed by atoms with E-state index in [9.17, 15) is 9.59 Å². The molecule has 0 heterocycles. The lowest BCUT2D eigenvalue weighted by Gasteiger charge is -2.64. The summed E-state index contributed by atoms with van der Waals surface area (Å²) in [6.45, 7) is 12.4. The summed E-state index contributed by atoms with van der Waals surface area (Å²) in [7, 11) is 1.46. The van der Waals surface area contributed by atoms with Gasteiger partial charge < -0.3 is 9.47 Å². The third-order valence-electron chi connectivity index (χ3n) is 9.84. The molecule has 4 fully saturated rings. The summed E-state index contributed by atoms with van der Waals surface area (Å²) in [6, 6.07) is 0. The van der Waals surface area contributed by atoms with Crippen molar-refractivity contribution in [2.45, 2.75) is 85.2 Å². The lowest BCUT2D eigenvalue weighted by molar-refractivity contribution is -0.213. The van der Waals surface area contributed by atoms with Crippen LogP contribution in [0.3, 0.4) is 0 Å². The fourth-order valence-corrected chi connectivity index (χ4v) is 8.26. The summed E-state index contributed by atoms with van der Waals surface area (Å²) in [6.07, 6.45) is 10.1.